The maximum atomic E-state index is 12.6. The summed E-state index contributed by atoms with van der Waals surface area (Å²) in [5.41, 5.74) is 2.32. The van der Waals surface area contributed by atoms with Crippen molar-refractivity contribution in [2.45, 2.75) is 25.0 Å². The molecule has 28 heavy (non-hydrogen) atoms. The predicted molar refractivity (Wildman–Crippen MR) is 111 cm³/mol. The van der Waals surface area contributed by atoms with Crippen LogP contribution in [0, 0.1) is 6.92 Å². The minimum atomic E-state index is -0.446. The second kappa shape index (κ2) is 8.93. The first kappa shape index (κ1) is 19.9. The highest BCUT2D eigenvalue weighted by Crippen LogP contribution is 2.30. The minimum absolute atomic E-state index is 0.145. The quantitative estimate of drug-likeness (QED) is 0.724. The van der Waals surface area contributed by atoms with Crippen molar-refractivity contribution >= 4 is 40.9 Å². The fraction of sp³-hybridized carbons (Fsp3) is 0.286. The lowest BCUT2D eigenvalue weighted by atomic mass is 10.2. The average molecular weight is 398 g/mol. The van der Waals surface area contributed by atoms with Crippen molar-refractivity contribution in [3.63, 3.8) is 0 Å². The third-order valence-corrected chi connectivity index (χ3v) is 5.61. The van der Waals surface area contributed by atoms with Crippen LogP contribution >= 0.6 is 11.8 Å². The van der Waals surface area contributed by atoms with E-state index in [-0.39, 0.29) is 30.6 Å². The number of hydrogen-bond donors (Lipinski definition) is 1. The SMILES string of the molecule is COc1cccc(NC(=O)CCS[C@H]2CC(=O)N(c3ccc(C)cc3)C2=O)c1. The molecule has 1 saturated heterocycles. The van der Waals surface area contributed by atoms with Crippen LogP contribution < -0.4 is 15.0 Å². The van der Waals surface area contributed by atoms with Gasteiger partial charge in [-0.15, -0.1) is 11.8 Å². The van der Waals surface area contributed by atoms with Crippen LogP contribution in [0.1, 0.15) is 18.4 Å². The number of nitrogens with one attached hydrogen (secondary N) is 1. The van der Waals surface area contributed by atoms with Crippen LogP contribution in [-0.4, -0.2) is 35.8 Å². The molecule has 1 atom stereocenters. The van der Waals surface area contributed by atoms with Gasteiger partial charge in [0, 0.05) is 30.3 Å². The Morgan fingerprint density at radius 3 is 2.68 bits per heavy atom. The Balaban J connectivity index is 1.50. The molecule has 6 nitrogen and oxygen atoms in total. The Bertz CT molecular complexity index is 882. The van der Waals surface area contributed by atoms with Gasteiger partial charge in [0.2, 0.25) is 17.7 Å². The van der Waals surface area contributed by atoms with Crippen LogP contribution in [0.5, 0.6) is 5.75 Å². The van der Waals surface area contributed by atoms with Crippen LogP contribution in [0.15, 0.2) is 48.5 Å². The molecule has 3 rings (SSSR count). The van der Waals surface area contributed by atoms with E-state index >= 15 is 0 Å². The molecule has 1 N–H and O–H groups in total. The van der Waals surface area contributed by atoms with Gasteiger partial charge < -0.3 is 10.1 Å². The van der Waals surface area contributed by atoms with Crippen molar-refractivity contribution in [1.29, 1.82) is 0 Å². The lowest BCUT2D eigenvalue weighted by Gasteiger charge is -2.15. The largest absolute Gasteiger partial charge is 0.497 e. The molecule has 1 aliphatic heterocycles. The number of amides is 3. The number of methoxy groups -OCH3 is 1. The molecule has 7 heteroatoms. The normalized spacial score (nSPS) is 16.4. The number of hydrogen-bond acceptors (Lipinski definition) is 5. The van der Waals surface area contributed by atoms with Crippen molar-refractivity contribution < 1.29 is 19.1 Å². The lowest BCUT2D eigenvalue weighted by molar-refractivity contribution is -0.121. The van der Waals surface area contributed by atoms with Crippen LogP contribution in [0.4, 0.5) is 11.4 Å². The molecule has 146 valence electrons. The van der Waals surface area contributed by atoms with Crippen LogP contribution in [-0.2, 0) is 14.4 Å². The molecule has 0 unspecified atom stereocenters. The Labute approximate surface area is 168 Å². The molecule has 0 saturated carbocycles. The van der Waals surface area contributed by atoms with Crippen molar-refractivity contribution in [2.75, 3.05) is 23.1 Å². The van der Waals surface area contributed by atoms with Crippen LogP contribution in [0.3, 0.4) is 0 Å². The summed E-state index contributed by atoms with van der Waals surface area (Å²) in [5.74, 6) is 0.562. The second-order valence-electron chi connectivity index (χ2n) is 6.50. The number of imide groups is 1. The average Bonchev–Trinajstić information content (AvgIpc) is 2.96. The molecule has 2 aromatic carbocycles. The summed E-state index contributed by atoms with van der Waals surface area (Å²) < 4.78 is 5.13. The third-order valence-electron chi connectivity index (χ3n) is 4.40. The lowest BCUT2D eigenvalue weighted by Crippen LogP contribution is -2.31. The summed E-state index contributed by atoms with van der Waals surface area (Å²) in [6, 6.07) is 14.4. The Morgan fingerprint density at radius 2 is 1.96 bits per heavy atom. The number of rotatable bonds is 7. The summed E-state index contributed by atoms with van der Waals surface area (Å²) in [7, 11) is 1.57. The van der Waals surface area contributed by atoms with E-state index in [1.54, 1.807) is 43.5 Å². The van der Waals surface area contributed by atoms with Gasteiger partial charge in [0.1, 0.15) is 5.75 Å². The van der Waals surface area contributed by atoms with Crippen LogP contribution in [0.2, 0.25) is 0 Å². The van der Waals surface area contributed by atoms with E-state index in [0.29, 0.717) is 22.9 Å². The van der Waals surface area contributed by atoms with E-state index in [2.05, 4.69) is 5.32 Å². The third kappa shape index (κ3) is 4.72. The molecule has 2 aromatic rings. The van der Waals surface area contributed by atoms with Gasteiger partial charge in [-0.2, -0.15) is 0 Å². The molecular formula is C21H22N2O4S. The number of anilines is 2. The molecule has 0 aliphatic carbocycles. The second-order valence-corrected chi connectivity index (χ2v) is 7.81. The summed E-state index contributed by atoms with van der Waals surface area (Å²) in [6.07, 6.45) is 0.416. The summed E-state index contributed by atoms with van der Waals surface area (Å²) in [6.45, 7) is 1.95. The van der Waals surface area contributed by atoms with E-state index in [4.69, 9.17) is 4.74 Å². The van der Waals surface area contributed by atoms with Gasteiger partial charge in [0.15, 0.2) is 0 Å². The zero-order valence-electron chi connectivity index (χ0n) is 15.8. The van der Waals surface area contributed by atoms with Crippen molar-refractivity contribution in [3.05, 3.63) is 54.1 Å². The molecule has 0 spiro atoms. The predicted octanol–water partition coefficient (Wildman–Crippen LogP) is 3.40. The van der Waals surface area contributed by atoms with Gasteiger partial charge in [-0.3, -0.25) is 14.4 Å². The highest BCUT2D eigenvalue weighted by Gasteiger charge is 2.39. The van der Waals surface area contributed by atoms with Crippen molar-refractivity contribution in [3.8, 4) is 5.75 Å². The van der Waals surface area contributed by atoms with E-state index in [1.165, 1.54) is 16.7 Å². The van der Waals surface area contributed by atoms with E-state index in [0.717, 1.165) is 5.56 Å². The topological polar surface area (TPSA) is 75.7 Å². The number of ether oxygens (including phenoxy) is 1. The van der Waals surface area contributed by atoms with Gasteiger partial charge in [-0.1, -0.05) is 23.8 Å². The van der Waals surface area contributed by atoms with E-state index in [1.807, 2.05) is 19.1 Å². The molecule has 1 aliphatic rings. The number of benzene rings is 2. The highest BCUT2D eigenvalue weighted by atomic mass is 32.2. The number of carbonyl (C=O) groups is 3. The standard InChI is InChI=1S/C21H22N2O4S/c1-14-6-8-16(9-7-14)23-20(25)13-18(21(23)26)28-11-10-19(24)22-15-4-3-5-17(12-15)27-2/h3-9,12,18H,10-11,13H2,1-2H3,(H,22,24)/t18-/m0/s1. The molecule has 3 amide bonds. The first-order valence-electron chi connectivity index (χ1n) is 8.97. The fourth-order valence-corrected chi connectivity index (χ4v) is 4.01. The summed E-state index contributed by atoms with van der Waals surface area (Å²) >= 11 is 1.35. The number of aryl methyl sites for hydroxylation is 1. The molecular weight excluding hydrogens is 376 g/mol. The Hall–Kier alpha value is -2.80. The van der Waals surface area contributed by atoms with Gasteiger partial charge in [-0.25, -0.2) is 4.90 Å². The maximum absolute atomic E-state index is 12.6. The highest BCUT2D eigenvalue weighted by molar-refractivity contribution is 8.00. The smallest absolute Gasteiger partial charge is 0.247 e. The number of nitrogens with zero attached hydrogens (tertiary/aromatic N) is 1. The van der Waals surface area contributed by atoms with Gasteiger partial charge >= 0.3 is 0 Å². The zero-order valence-corrected chi connectivity index (χ0v) is 16.6. The van der Waals surface area contributed by atoms with E-state index < -0.39 is 5.25 Å². The summed E-state index contributed by atoms with van der Waals surface area (Å²) in [5, 5.41) is 2.36. The Morgan fingerprint density at radius 1 is 1.21 bits per heavy atom. The first-order valence-corrected chi connectivity index (χ1v) is 10.0. The summed E-state index contributed by atoms with van der Waals surface area (Å²) in [4.78, 5) is 38.3. The number of thioether (sulfide) groups is 1. The zero-order chi connectivity index (χ0) is 20.1. The minimum Gasteiger partial charge on any atom is -0.497 e. The Kier molecular flexibility index (Phi) is 6.36. The van der Waals surface area contributed by atoms with Crippen LogP contribution in [0.25, 0.3) is 0 Å². The number of carbonyl (C=O) groups excluding carboxylic acids is 3. The van der Waals surface area contributed by atoms with Crippen molar-refractivity contribution in [1.82, 2.24) is 0 Å². The van der Waals surface area contributed by atoms with Crippen molar-refractivity contribution in [2.24, 2.45) is 0 Å². The fourth-order valence-electron chi connectivity index (χ4n) is 2.92. The van der Waals surface area contributed by atoms with E-state index in [9.17, 15) is 14.4 Å². The molecule has 0 radical (unpaired) electrons. The van der Waals surface area contributed by atoms with Gasteiger partial charge in [0.05, 0.1) is 18.0 Å². The maximum Gasteiger partial charge on any atom is 0.247 e. The first-order chi connectivity index (χ1) is 13.5. The monoisotopic (exact) mass is 398 g/mol. The van der Waals surface area contributed by atoms with Gasteiger partial charge in [0.25, 0.3) is 0 Å². The molecule has 0 bridgehead atoms. The molecule has 1 fully saturated rings. The van der Waals surface area contributed by atoms with Gasteiger partial charge in [-0.05, 0) is 31.2 Å². The molecule has 0 aromatic heterocycles. The molecule has 1 heterocycles.